The number of primary amides is 1. The first kappa shape index (κ1) is 13.8. The highest BCUT2D eigenvalue weighted by Crippen LogP contribution is 2.33. The smallest absolute Gasteiger partial charge is 0.326 e. The van der Waals surface area contributed by atoms with E-state index in [-0.39, 0.29) is 30.7 Å². The van der Waals surface area contributed by atoms with Crippen molar-refractivity contribution in [1.82, 2.24) is 10.6 Å². The van der Waals surface area contributed by atoms with Crippen molar-refractivity contribution in [3.63, 3.8) is 0 Å². The van der Waals surface area contributed by atoms with Crippen LogP contribution in [0.3, 0.4) is 0 Å². The van der Waals surface area contributed by atoms with Gasteiger partial charge >= 0.3 is 5.97 Å². The Morgan fingerprint density at radius 1 is 1.37 bits per heavy atom. The van der Waals surface area contributed by atoms with Crippen LogP contribution in [0.15, 0.2) is 0 Å². The van der Waals surface area contributed by atoms with Crippen LogP contribution in [0, 0.1) is 5.92 Å². The zero-order valence-corrected chi connectivity index (χ0v) is 10.6. The number of aliphatic carboxylic acids is 1. The summed E-state index contributed by atoms with van der Waals surface area (Å²) in [5, 5.41) is 14.9. The van der Waals surface area contributed by atoms with Crippen LogP contribution in [0.4, 0.5) is 0 Å². The molecule has 4 unspecified atom stereocenters. The number of fused-ring (bicyclic) bond motifs is 2. The second-order valence-corrected chi connectivity index (χ2v) is 5.29. The average molecular weight is 269 g/mol. The van der Waals surface area contributed by atoms with Crippen LogP contribution >= 0.6 is 0 Å². The summed E-state index contributed by atoms with van der Waals surface area (Å²) in [6.07, 6.45) is 2.79. The summed E-state index contributed by atoms with van der Waals surface area (Å²) in [6, 6.07) is -0.496. The van der Waals surface area contributed by atoms with Gasteiger partial charge in [0.2, 0.25) is 11.8 Å². The number of nitrogens with two attached hydrogens (primary N) is 1. The summed E-state index contributed by atoms with van der Waals surface area (Å²) in [7, 11) is 0. The zero-order valence-electron chi connectivity index (χ0n) is 10.6. The lowest BCUT2D eigenvalue weighted by molar-refractivity contribution is -0.143. The van der Waals surface area contributed by atoms with E-state index in [4.69, 9.17) is 10.8 Å². The number of nitrogens with one attached hydrogen (secondary N) is 2. The number of amides is 2. The second kappa shape index (κ2) is 5.56. The van der Waals surface area contributed by atoms with Crippen molar-refractivity contribution in [3.8, 4) is 0 Å². The summed E-state index contributed by atoms with van der Waals surface area (Å²) in [6.45, 7) is 0. The van der Waals surface area contributed by atoms with E-state index in [9.17, 15) is 14.4 Å². The van der Waals surface area contributed by atoms with Gasteiger partial charge in [-0.05, 0) is 25.7 Å². The van der Waals surface area contributed by atoms with Crippen molar-refractivity contribution in [1.29, 1.82) is 0 Å². The van der Waals surface area contributed by atoms with Crippen molar-refractivity contribution in [3.05, 3.63) is 0 Å². The quantitative estimate of drug-likeness (QED) is 0.491. The largest absolute Gasteiger partial charge is 0.480 e. The lowest BCUT2D eigenvalue weighted by Crippen LogP contribution is -2.46. The Balaban J connectivity index is 1.88. The summed E-state index contributed by atoms with van der Waals surface area (Å²) in [4.78, 5) is 33.8. The van der Waals surface area contributed by atoms with Crippen LogP contribution in [-0.2, 0) is 14.4 Å². The molecule has 2 bridgehead atoms. The summed E-state index contributed by atoms with van der Waals surface area (Å²) in [5.74, 6) is -2.10. The lowest BCUT2D eigenvalue weighted by atomic mass is 9.88. The predicted molar refractivity (Wildman–Crippen MR) is 66.0 cm³/mol. The van der Waals surface area contributed by atoms with Gasteiger partial charge in [0.25, 0.3) is 0 Å². The number of carboxylic acid groups (broad SMARTS) is 1. The predicted octanol–water partition coefficient (Wildman–Crippen LogP) is -1.04. The van der Waals surface area contributed by atoms with Gasteiger partial charge in [-0.1, -0.05) is 0 Å². The fraction of sp³-hybridized carbons (Fsp3) is 0.750. The summed E-state index contributed by atoms with van der Waals surface area (Å²) in [5.41, 5.74) is 4.99. The summed E-state index contributed by atoms with van der Waals surface area (Å²) < 4.78 is 0. The zero-order chi connectivity index (χ0) is 14.0. The van der Waals surface area contributed by atoms with Crippen LogP contribution in [0.25, 0.3) is 0 Å². The van der Waals surface area contributed by atoms with E-state index >= 15 is 0 Å². The number of rotatable bonds is 6. The molecule has 2 heterocycles. The third kappa shape index (κ3) is 3.23. The Hall–Kier alpha value is -1.63. The van der Waals surface area contributed by atoms with Crippen LogP contribution in [-0.4, -0.2) is 41.0 Å². The molecule has 0 aromatic carbocycles. The van der Waals surface area contributed by atoms with Gasteiger partial charge in [-0.3, -0.25) is 9.59 Å². The molecule has 4 atom stereocenters. The van der Waals surface area contributed by atoms with Gasteiger partial charge in [-0.25, -0.2) is 4.79 Å². The van der Waals surface area contributed by atoms with E-state index in [0.717, 1.165) is 19.3 Å². The van der Waals surface area contributed by atoms with Gasteiger partial charge in [-0.15, -0.1) is 0 Å². The third-order valence-electron chi connectivity index (χ3n) is 3.93. The van der Waals surface area contributed by atoms with Crippen molar-refractivity contribution in [2.45, 2.75) is 50.2 Å². The van der Waals surface area contributed by atoms with Crippen molar-refractivity contribution in [2.75, 3.05) is 0 Å². The molecule has 2 aliphatic rings. The Labute approximate surface area is 110 Å². The molecule has 19 heavy (non-hydrogen) atoms. The molecule has 0 aliphatic carbocycles. The third-order valence-corrected chi connectivity index (χ3v) is 3.93. The molecule has 106 valence electrons. The number of carbonyl (C=O) groups is 3. The van der Waals surface area contributed by atoms with Crippen LogP contribution < -0.4 is 16.4 Å². The molecule has 0 aromatic heterocycles. The number of carboxylic acids is 1. The maximum Gasteiger partial charge on any atom is 0.326 e. The van der Waals surface area contributed by atoms with E-state index in [2.05, 4.69) is 10.6 Å². The van der Waals surface area contributed by atoms with E-state index < -0.39 is 17.9 Å². The molecule has 0 radical (unpaired) electrons. The maximum absolute atomic E-state index is 12.1. The Bertz CT molecular complexity index is 398. The molecule has 5 N–H and O–H groups in total. The minimum atomic E-state index is -1.13. The number of hydrogen-bond acceptors (Lipinski definition) is 4. The van der Waals surface area contributed by atoms with Gasteiger partial charge in [0.15, 0.2) is 0 Å². The first-order valence-corrected chi connectivity index (χ1v) is 6.55. The normalized spacial score (nSPS) is 30.0. The van der Waals surface area contributed by atoms with E-state index in [1.807, 2.05) is 0 Å². The van der Waals surface area contributed by atoms with E-state index in [0.29, 0.717) is 6.04 Å². The molecule has 7 nitrogen and oxygen atoms in total. The van der Waals surface area contributed by atoms with Gasteiger partial charge in [0.05, 0.1) is 5.92 Å². The molecule has 0 saturated carbocycles. The van der Waals surface area contributed by atoms with Crippen molar-refractivity contribution >= 4 is 17.8 Å². The highest BCUT2D eigenvalue weighted by Gasteiger charge is 2.43. The fourth-order valence-corrected chi connectivity index (χ4v) is 2.94. The molecule has 2 saturated heterocycles. The van der Waals surface area contributed by atoms with Crippen molar-refractivity contribution < 1.29 is 19.5 Å². The van der Waals surface area contributed by atoms with Gasteiger partial charge in [0.1, 0.15) is 6.04 Å². The Morgan fingerprint density at radius 3 is 2.58 bits per heavy atom. The molecule has 2 rings (SSSR count). The monoisotopic (exact) mass is 269 g/mol. The van der Waals surface area contributed by atoms with Crippen LogP contribution in [0.2, 0.25) is 0 Å². The standard InChI is InChI=1S/C12H19N3O4/c13-10(16)4-3-9(12(18)19)15-11(17)7-5-6-1-2-8(7)14-6/h6-9,14H,1-5H2,(H2,13,16)(H,15,17)(H,18,19). The summed E-state index contributed by atoms with van der Waals surface area (Å²) >= 11 is 0. The van der Waals surface area contributed by atoms with Gasteiger partial charge < -0.3 is 21.5 Å². The maximum atomic E-state index is 12.1. The van der Waals surface area contributed by atoms with Gasteiger partial charge in [0, 0.05) is 18.5 Å². The lowest BCUT2D eigenvalue weighted by Gasteiger charge is -2.22. The van der Waals surface area contributed by atoms with Crippen molar-refractivity contribution in [2.24, 2.45) is 11.7 Å². The molecule has 0 spiro atoms. The molecular weight excluding hydrogens is 250 g/mol. The molecular formula is C12H19N3O4. The van der Waals surface area contributed by atoms with Gasteiger partial charge in [-0.2, -0.15) is 0 Å². The molecule has 2 amide bonds. The molecule has 2 aliphatic heterocycles. The van der Waals surface area contributed by atoms with E-state index in [1.165, 1.54) is 0 Å². The minimum Gasteiger partial charge on any atom is -0.480 e. The van der Waals surface area contributed by atoms with Crippen LogP contribution in [0.5, 0.6) is 0 Å². The first-order valence-electron chi connectivity index (χ1n) is 6.55. The number of carbonyl (C=O) groups excluding carboxylic acids is 2. The Morgan fingerprint density at radius 2 is 2.11 bits per heavy atom. The fourth-order valence-electron chi connectivity index (χ4n) is 2.94. The second-order valence-electron chi connectivity index (χ2n) is 5.29. The average Bonchev–Trinajstić information content (AvgIpc) is 2.95. The number of hydrogen-bond donors (Lipinski definition) is 4. The van der Waals surface area contributed by atoms with Crippen LogP contribution in [0.1, 0.15) is 32.1 Å². The highest BCUT2D eigenvalue weighted by atomic mass is 16.4. The minimum absolute atomic E-state index is 0.0324. The first-order chi connectivity index (χ1) is 8.97. The Kier molecular flexibility index (Phi) is 4.04. The molecule has 2 fully saturated rings. The molecule has 7 heteroatoms. The SMILES string of the molecule is NC(=O)CCC(NC(=O)C1CC2CCC1N2)C(=O)O. The topological polar surface area (TPSA) is 122 Å². The molecule has 0 aromatic rings. The van der Waals surface area contributed by atoms with E-state index in [1.54, 1.807) is 0 Å². The highest BCUT2D eigenvalue weighted by molar-refractivity contribution is 5.86.